The minimum Gasteiger partial charge on any atom is -0.441 e. The number of benzene rings is 1. The Kier molecular flexibility index (Phi) is 3.84. The molecule has 0 amide bonds. The highest BCUT2D eigenvalue weighted by Gasteiger charge is 2.17. The summed E-state index contributed by atoms with van der Waals surface area (Å²) in [6.07, 6.45) is 4.80. The van der Waals surface area contributed by atoms with Crippen LogP contribution in [0.3, 0.4) is 0 Å². The predicted molar refractivity (Wildman–Crippen MR) is 81.4 cm³/mol. The molecule has 0 unspecified atom stereocenters. The highest BCUT2D eigenvalue weighted by atomic mass is 32.2. The van der Waals surface area contributed by atoms with Gasteiger partial charge in [-0.2, -0.15) is 0 Å². The summed E-state index contributed by atoms with van der Waals surface area (Å²) in [6.45, 7) is 0. The smallest absolute Gasteiger partial charge is 0.270 e. The average molecular weight is 314 g/mol. The molecule has 0 aliphatic carbocycles. The molecule has 0 saturated heterocycles. The van der Waals surface area contributed by atoms with Crippen molar-refractivity contribution in [1.29, 1.82) is 0 Å². The molecule has 2 heterocycles. The Balaban J connectivity index is 2.09. The van der Waals surface area contributed by atoms with Crippen LogP contribution < -0.4 is 0 Å². The number of non-ortho nitro benzene ring substituents is 1. The zero-order valence-corrected chi connectivity index (χ0v) is 12.3. The normalized spacial score (nSPS) is 10.6. The van der Waals surface area contributed by atoms with Gasteiger partial charge in [0.1, 0.15) is 11.4 Å². The van der Waals surface area contributed by atoms with Crippen molar-refractivity contribution in [3.63, 3.8) is 0 Å². The topological polar surface area (TPSA) is 95.0 Å². The Morgan fingerprint density at radius 3 is 2.91 bits per heavy atom. The van der Waals surface area contributed by atoms with Crippen molar-refractivity contribution in [2.75, 3.05) is 6.26 Å². The number of oxazole rings is 1. The molecule has 22 heavy (non-hydrogen) atoms. The van der Waals surface area contributed by atoms with E-state index in [1.807, 2.05) is 6.26 Å². The average Bonchev–Trinajstić information content (AvgIpc) is 3.04. The van der Waals surface area contributed by atoms with E-state index in [1.54, 1.807) is 24.4 Å². The van der Waals surface area contributed by atoms with Crippen molar-refractivity contribution >= 4 is 17.4 Å². The molecule has 0 radical (unpaired) electrons. The number of hydrogen-bond donors (Lipinski definition) is 0. The molecule has 0 spiro atoms. The van der Waals surface area contributed by atoms with Crippen LogP contribution in [0.2, 0.25) is 0 Å². The summed E-state index contributed by atoms with van der Waals surface area (Å²) >= 11 is 1.41. The lowest BCUT2D eigenvalue weighted by atomic mass is 10.1. The van der Waals surface area contributed by atoms with E-state index >= 15 is 0 Å². The molecular weight excluding hydrogens is 304 g/mol. The van der Waals surface area contributed by atoms with Crippen LogP contribution in [-0.4, -0.2) is 26.1 Å². The van der Waals surface area contributed by atoms with Gasteiger partial charge in [0.05, 0.1) is 4.92 Å². The molecule has 0 bridgehead atoms. The summed E-state index contributed by atoms with van der Waals surface area (Å²) in [7, 11) is 0. The fourth-order valence-corrected chi connectivity index (χ4v) is 2.32. The van der Waals surface area contributed by atoms with Crippen LogP contribution in [0.15, 0.2) is 52.5 Å². The van der Waals surface area contributed by atoms with Crippen molar-refractivity contribution in [3.05, 3.63) is 53.0 Å². The molecule has 0 aliphatic heterocycles. The summed E-state index contributed by atoms with van der Waals surface area (Å²) in [6, 6.07) is 7.95. The van der Waals surface area contributed by atoms with Gasteiger partial charge in [-0.1, -0.05) is 23.9 Å². The van der Waals surface area contributed by atoms with Crippen LogP contribution >= 0.6 is 11.8 Å². The lowest BCUT2D eigenvalue weighted by Crippen LogP contribution is -1.91. The minimum atomic E-state index is -0.445. The molecule has 1 aromatic carbocycles. The van der Waals surface area contributed by atoms with E-state index in [0.29, 0.717) is 27.9 Å². The SMILES string of the molecule is CSc1nccc(-c2ocnc2-c2cccc([N+](=O)[O-])c2)n1. The Hall–Kier alpha value is -2.74. The van der Waals surface area contributed by atoms with Gasteiger partial charge in [0.2, 0.25) is 0 Å². The predicted octanol–water partition coefficient (Wildman–Crippen LogP) is 3.43. The van der Waals surface area contributed by atoms with Crippen LogP contribution in [0.4, 0.5) is 5.69 Å². The molecule has 0 N–H and O–H groups in total. The maximum Gasteiger partial charge on any atom is 0.270 e. The second-order valence-electron chi connectivity index (χ2n) is 4.27. The number of nitro benzene ring substituents is 1. The van der Waals surface area contributed by atoms with Crippen LogP contribution in [-0.2, 0) is 0 Å². The van der Waals surface area contributed by atoms with Gasteiger partial charge in [-0.05, 0) is 12.3 Å². The largest absolute Gasteiger partial charge is 0.441 e. The first-order valence-corrected chi connectivity index (χ1v) is 7.47. The molecular formula is C14H10N4O3S. The first kappa shape index (κ1) is 14.2. The summed E-state index contributed by atoms with van der Waals surface area (Å²) in [5.74, 6) is 0.457. The second-order valence-corrected chi connectivity index (χ2v) is 5.04. The molecule has 0 aliphatic rings. The molecule has 8 heteroatoms. The molecule has 110 valence electrons. The van der Waals surface area contributed by atoms with Gasteiger partial charge in [-0.25, -0.2) is 15.0 Å². The Morgan fingerprint density at radius 1 is 1.27 bits per heavy atom. The van der Waals surface area contributed by atoms with Gasteiger partial charge in [-0.3, -0.25) is 10.1 Å². The van der Waals surface area contributed by atoms with Crippen molar-refractivity contribution in [3.8, 4) is 22.7 Å². The third kappa shape index (κ3) is 2.68. The molecule has 2 aromatic heterocycles. The molecule has 3 rings (SSSR count). The third-order valence-electron chi connectivity index (χ3n) is 2.95. The summed E-state index contributed by atoms with van der Waals surface area (Å²) in [5.41, 5.74) is 1.69. The van der Waals surface area contributed by atoms with Gasteiger partial charge in [0.15, 0.2) is 17.3 Å². The highest BCUT2D eigenvalue weighted by molar-refractivity contribution is 7.98. The maximum absolute atomic E-state index is 10.9. The van der Waals surface area contributed by atoms with E-state index in [1.165, 1.54) is 30.3 Å². The monoisotopic (exact) mass is 314 g/mol. The highest BCUT2D eigenvalue weighted by Crippen LogP contribution is 2.31. The van der Waals surface area contributed by atoms with Crippen molar-refractivity contribution in [1.82, 2.24) is 15.0 Å². The van der Waals surface area contributed by atoms with Crippen molar-refractivity contribution in [2.45, 2.75) is 5.16 Å². The lowest BCUT2D eigenvalue weighted by molar-refractivity contribution is -0.384. The van der Waals surface area contributed by atoms with E-state index < -0.39 is 4.92 Å². The standard InChI is InChI=1S/C14H10N4O3S/c1-22-14-15-6-5-11(17-14)13-12(16-8-21-13)9-3-2-4-10(7-9)18(19)20/h2-8H,1H3. The number of aromatic nitrogens is 3. The number of thioether (sulfide) groups is 1. The lowest BCUT2D eigenvalue weighted by Gasteiger charge is -2.02. The summed E-state index contributed by atoms with van der Waals surface area (Å²) < 4.78 is 5.42. The first-order valence-electron chi connectivity index (χ1n) is 6.25. The Labute approximate surface area is 129 Å². The van der Waals surface area contributed by atoms with Gasteiger partial charge in [0.25, 0.3) is 5.69 Å². The first-order chi connectivity index (χ1) is 10.7. The minimum absolute atomic E-state index is 0.000981. The number of nitro groups is 1. The Bertz CT molecular complexity index is 834. The molecule has 3 aromatic rings. The van der Waals surface area contributed by atoms with Crippen LogP contribution in [0.5, 0.6) is 0 Å². The fourth-order valence-electron chi connectivity index (χ4n) is 1.97. The zero-order chi connectivity index (χ0) is 15.5. The van der Waals surface area contributed by atoms with Crippen LogP contribution in [0.25, 0.3) is 22.7 Å². The Morgan fingerprint density at radius 2 is 2.14 bits per heavy atom. The second kappa shape index (κ2) is 5.94. The van der Waals surface area contributed by atoms with E-state index in [9.17, 15) is 10.1 Å². The summed E-state index contributed by atoms with van der Waals surface area (Å²) in [5, 5.41) is 11.5. The molecule has 0 saturated carbocycles. The number of rotatable bonds is 4. The molecule has 0 fully saturated rings. The van der Waals surface area contributed by atoms with Crippen LogP contribution in [0, 0.1) is 10.1 Å². The van der Waals surface area contributed by atoms with Crippen LogP contribution in [0.1, 0.15) is 0 Å². The zero-order valence-electron chi connectivity index (χ0n) is 11.5. The van der Waals surface area contributed by atoms with Gasteiger partial charge in [-0.15, -0.1) is 0 Å². The fraction of sp³-hybridized carbons (Fsp3) is 0.0714. The van der Waals surface area contributed by atoms with E-state index in [4.69, 9.17) is 4.42 Å². The quantitative estimate of drug-likeness (QED) is 0.315. The van der Waals surface area contributed by atoms with Gasteiger partial charge in [0, 0.05) is 23.9 Å². The molecule has 0 atom stereocenters. The van der Waals surface area contributed by atoms with E-state index in [0.717, 1.165) is 0 Å². The van der Waals surface area contributed by atoms with E-state index in [-0.39, 0.29) is 5.69 Å². The van der Waals surface area contributed by atoms with Crippen molar-refractivity contribution in [2.24, 2.45) is 0 Å². The van der Waals surface area contributed by atoms with E-state index in [2.05, 4.69) is 15.0 Å². The molecule has 7 nitrogen and oxygen atoms in total. The third-order valence-corrected chi connectivity index (χ3v) is 3.51. The number of nitrogens with zero attached hydrogens (tertiary/aromatic N) is 4. The van der Waals surface area contributed by atoms with Crippen molar-refractivity contribution < 1.29 is 9.34 Å². The number of hydrogen-bond acceptors (Lipinski definition) is 7. The van der Waals surface area contributed by atoms with Gasteiger partial charge < -0.3 is 4.42 Å². The summed E-state index contributed by atoms with van der Waals surface area (Å²) in [4.78, 5) is 23.1. The maximum atomic E-state index is 10.9. The van der Waals surface area contributed by atoms with Gasteiger partial charge >= 0.3 is 0 Å².